The van der Waals surface area contributed by atoms with Crippen molar-refractivity contribution in [2.24, 2.45) is 0 Å². The van der Waals surface area contributed by atoms with Crippen LogP contribution in [0.25, 0.3) is 0 Å². The zero-order chi connectivity index (χ0) is 12.8. The summed E-state index contributed by atoms with van der Waals surface area (Å²) in [5, 5.41) is 10.5. The Kier molecular flexibility index (Phi) is 4.79. The fraction of sp³-hybridized carbons (Fsp3) is 0.625. The van der Waals surface area contributed by atoms with E-state index in [1.807, 2.05) is 0 Å². The van der Waals surface area contributed by atoms with E-state index in [9.17, 15) is 5.11 Å². The van der Waals surface area contributed by atoms with Gasteiger partial charge in [-0.25, -0.2) is 0 Å². The third-order valence-corrected chi connectivity index (χ3v) is 3.97. The van der Waals surface area contributed by atoms with Gasteiger partial charge in [0, 0.05) is 13.1 Å². The number of aliphatic hydroxyl groups is 1. The van der Waals surface area contributed by atoms with Gasteiger partial charge in [0.1, 0.15) is 0 Å². The lowest BCUT2D eigenvalue weighted by Gasteiger charge is -2.35. The SMILES string of the molecule is CN(CCc1ccccc1)CC1(O)CCCCC1. The van der Waals surface area contributed by atoms with Gasteiger partial charge in [-0.1, -0.05) is 49.6 Å². The van der Waals surface area contributed by atoms with Crippen LogP contribution in [0.5, 0.6) is 0 Å². The molecule has 1 N–H and O–H groups in total. The van der Waals surface area contributed by atoms with Gasteiger partial charge < -0.3 is 10.0 Å². The lowest BCUT2D eigenvalue weighted by molar-refractivity contribution is -0.0206. The second-order valence-corrected chi connectivity index (χ2v) is 5.76. The van der Waals surface area contributed by atoms with Crippen LogP contribution >= 0.6 is 0 Å². The molecule has 1 aromatic carbocycles. The Bertz CT molecular complexity index is 343. The molecule has 0 spiro atoms. The van der Waals surface area contributed by atoms with E-state index >= 15 is 0 Å². The third-order valence-electron chi connectivity index (χ3n) is 3.97. The first-order chi connectivity index (χ1) is 8.68. The summed E-state index contributed by atoms with van der Waals surface area (Å²) in [5.74, 6) is 0. The molecule has 0 radical (unpaired) electrons. The van der Waals surface area contributed by atoms with Gasteiger partial charge in [-0.15, -0.1) is 0 Å². The highest BCUT2D eigenvalue weighted by atomic mass is 16.3. The van der Waals surface area contributed by atoms with E-state index < -0.39 is 5.60 Å². The smallest absolute Gasteiger partial charge is 0.0774 e. The van der Waals surface area contributed by atoms with Gasteiger partial charge in [0.2, 0.25) is 0 Å². The fourth-order valence-corrected chi connectivity index (χ4v) is 2.91. The van der Waals surface area contributed by atoms with Gasteiger partial charge in [0.15, 0.2) is 0 Å². The molecule has 0 amide bonds. The van der Waals surface area contributed by atoms with E-state index in [4.69, 9.17) is 0 Å². The normalized spacial score (nSPS) is 19.1. The summed E-state index contributed by atoms with van der Waals surface area (Å²) in [4.78, 5) is 2.28. The molecule has 2 nitrogen and oxygen atoms in total. The Labute approximate surface area is 111 Å². The maximum atomic E-state index is 10.5. The first-order valence-corrected chi connectivity index (χ1v) is 7.13. The largest absolute Gasteiger partial charge is 0.389 e. The number of likely N-dealkylation sites (N-methyl/N-ethyl adjacent to an activating group) is 1. The summed E-state index contributed by atoms with van der Waals surface area (Å²) < 4.78 is 0. The van der Waals surface area contributed by atoms with Crippen LogP contribution in [0.1, 0.15) is 37.7 Å². The molecule has 2 rings (SSSR count). The van der Waals surface area contributed by atoms with Gasteiger partial charge in [0.25, 0.3) is 0 Å². The Morgan fingerprint density at radius 2 is 1.78 bits per heavy atom. The predicted octanol–water partition coefficient (Wildman–Crippen LogP) is 2.86. The zero-order valence-corrected chi connectivity index (χ0v) is 11.4. The molecule has 1 aliphatic rings. The highest BCUT2D eigenvalue weighted by Crippen LogP contribution is 2.28. The van der Waals surface area contributed by atoms with Gasteiger partial charge >= 0.3 is 0 Å². The van der Waals surface area contributed by atoms with E-state index in [-0.39, 0.29) is 0 Å². The van der Waals surface area contributed by atoms with E-state index in [0.29, 0.717) is 0 Å². The third kappa shape index (κ3) is 4.11. The van der Waals surface area contributed by atoms with Crippen LogP contribution in [-0.2, 0) is 6.42 Å². The van der Waals surface area contributed by atoms with Crippen LogP contribution < -0.4 is 0 Å². The molecule has 2 heteroatoms. The standard InChI is InChI=1S/C16H25NO/c1-17(13-10-15-8-4-2-5-9-15)14-16(18)11-6-3-7-12-16/h2,4-5,8-9,18H,3,6-7,10-14H2,1H3. The maximum absolute atomic E-state index is 10.5. The quantitative estimate of drug-likeness (QED) is 0.865. The predicted molar refractivity (Wildman–Crippen MR) is 75.7 cm³/mol. The molecule has 0 bridgehead atoms. The van der Waals surface area contributed by atoms with Gasteiger partial charge in [-0.2, -0.15) is 0 Å². The molecular formula is C16H25NO. The summed E-state index contributed by atoms with van der Waals surface area (Å²) in [6, 6.07) is 10.6. The minimum Gasteiger partial charge on any atom is -0.389 e. The van der Waals surface area contributed by atoms with Crippen molar-refractivity contribution in [2.75, 3.05) is 20.1 Å². The van der Waals surface area contributed by atoms with E-state index in [1.165, 1.54) is 24.8 Å². The van der Waals surface area contributed by atoms with Crippen LogP contribution in [-0.4, -0.2) is 35.7 Å². The van der Waals surface area contributed by atoms with Crippen LogP contribution in [0.3, 0.4) is 0 Å². The Hall–Kier alpha value is -0.860. The topological polar surface area (TPSA) is 23.5 Å². The molecule has 100 valence electrons. The minimum absolute atomic E-state index is 0.427. The van der Waals surface area contributed by atoms with Crippen molar-refractivity contribution in [3.63, 3.8) is 0 Å². The highest BCUT2D eigenvalue weighted by Gasteiger charge is 2.30. The average molecular weight is 247 g/mol. The molecule has 0 unspecified atom stereocenters. The monoisotopic (exact) mass is 247 g/mol. The van der Waals surface area contributed by atoms with Crippen LogP contribution in [0.4, 0.5) is 0 Å². The number of hydrogen-bond donors (Lipinski definition) is 1. The molecule has 0 atom stereocenters. The Morgan fingerprint density at radius 3 is 2.44 bits per heavy atom. The molecule has 1 fully saturated rings. The molecule has 0 aliphatic heterocycles. The summed E-state index contributed by atoms with van der Waals surface area (Å²) in [6.07, 6.45) is 6.67. The molecule has 1 aliphatic carbocycles. The van der Waals surface area contributed by atoms with Crippen LogP contribution in [0.2, 0.25) is 0 Å². The van der Waals surface area contributed by atoms with Crippen molar-refractivity contribution in [1.82, 2.24) is 4.90 Å². The van der Waals surface area contributed by atoms with Crippen molar-refractivity contribution in [3.05, 3.63) is 35.9 Å². The second kappa shape index (κ2) is 6.35. The number of rotatable bonds is 5. The van der Waals surface area contributed by atoms with Crippen molar-refractivity contribution < 1.29 is 5.11 Å². The summed E-state index contributed by atoms with van der Waals surface area (Å²) in [7, 11) is 2.12. The van der Waals surface area contributed by atoms with Gasteiger partial charge in [-0.05, 0) is 31.9 Å². The number of hydrogen-bond acceptors (Lipinski definition) is 2. The van der Waals surface area contributed by atoms with E-state index in [0.717, 1.165) is 32.4 Å². The fourth-order valence-electron chi connectivity index (χ4n) is 2.91. The molecule has 0 heterocycles. The van der Waals surface area contributed by atoms with Crippen molar-refractivity contribution in [1.29, 1.82) is 0 Å². The van der Waals surface area contributed by atoms with Crippen LogP contribution in [0.15, 0.2) is 30.3 Å². The van der Waals surface area contributed by atoms with Crippen LogP contribution in [0, 0.1) is 0 Å². The summed E-state index contributed by atoms with van der Waals surface area (Å²) in [6.45, 7) is 1.84. The molecule has 0 aromatic heterocycles. The Balaban J connectivity index is 1.76. The van der Waals surface area contributed by atoms with Crippen molar-refractivity contribution in [3.8, 4) is 0 Å². The molecule has 0 saturated heterocycles. The van der Waals surface area contributed by atoms with E-state index in [1.54, 1.807) is 0 Å². The molecule has 1 saturated carbocycles. The second-order valence-electron chi connectivity index (χ2n) is 5.76. The van der Waals surface area contributed by atoms with E-state index in [2.05, 4.69) is 42.3 Å². The number of benzene rings is 1. The first kappa shape index (κ1) is 13.6. The molecular weight excluding hydrogens is 222 g/mol. The maximum Gasteiger partial charge on any atom is 0.0774 e. The van der Waals surface area contributed by atoms with Gasteiger partial charge in [-0.3, -0.25) is 0 Å². The summed E-state index contributed by atoms with van der Waals surface area (Å²) in [5.41, 5.74) is 0.948. The average Bonchev–Trinajstić information content (AvgIpc) is 2.38. The first-order valence-electron chi connectivity index (χ1n) is 7.13. The number of nitrogens with zero attached hydrogens (tertiary/aromatic N) is 1. The molecule has 18 heavy (non-hydrogen) atoms. The van der Waals surface area contributed by atoms with Crippen molar-refractivity contribution in [2.45, 2.75) is 44.1 Å². The lowest BCUT2D eigenvalue weighted by Crippen LogP contribution is -2.43. The highest BCUT2D eigenvalue weighted by molar-refractivity contribution is 5.14. The Morgan fingerprint density at radius 1 is 1.11 bits per heavy atom. The zero-order valence-electron chi connectivity index (χ0n) is 11.4. The summed E-state index contributed by atoms with van der Waals surface area (Å²) >= 11 is 0. The van der Waals surface area contributed by atoms with Crippen molar-refractivity contribution >= 4 is 0 Å². The molecule has 1 aromatic rings. The lowest BCUT2D eigenvalue weighted by atomic mass is 9.84. The van der Waals surface area contributed by atoms with Gasteiger partial charge in [0.05, 0.1) is 5.60 Å². The minimum atomic E-state index is -0.427.